The minimum absolute atomic E-state index is 0.124. The van der Waals surface area contributed by atoms with Gasteiger partial charge in [-0.15, -0.1) is 0 Å². The largest absolute Gasteiger partial charge is 0.226 e. The zero-order valence-corrected chi connectivity index (χ0v) is 12.3. The van der Waals surface area contributed by atoms with E-state index in [4.69, 9.17) is 23.2 Å². The number of hydrogen-bond acceptors (Lipinski definition) is 2. The van der Waals surface area contributed by atoms with Gasteiger partial charge in [0.2, 0.25) is 0 Å². The van der Waals surface area contributed by atoms with Gasteiger partial charge in [-0.3, -0.25) is 0 Å². The second-order valence-corrected chi connectivity index (χ2v) is 5.35. The summed E-state index contributed by atoms with van der Waals surface area (Å²) in [7, 11) is 0. The van der Waals surface area contributed by atoms with Crippen LogP contribution in [0.25, 0.3) is 22.3 Å². The summed E-state index contributed by atoms with van der Waals surface area (Å²) in [6.07, 6.45) is 0. The van der Waals surface area contributed by atoms with Gasteiger partial charge in [-0.05, 0) is 30.7 Å². The van der Waals surface area contributed by atoms with Crippen LogP contribution >= 0.6 is 23.2 Å². The van der Waals surface area contributed by atoms with Crippen molar-refractivity contribution in [2.75, 3.05) is 0 Å². The number of rotatable bonds is 1. The Labute approximate surface area is 129 Å². The van der Waals surface area contributed by atoms with E-state index in [-0.39, 0.29) is 16.5 Å². The third-order valence-corrected chi connectivity index (χ3v) is 3.66. The number of fused-ring (bicyclic) bond motifs is 1. The van der Waals surface area contributed by atoms with E-state index in [0.29, 0.717) is 15.9 Å². The van der Waals surface area contributed by atoms with Crippen LogP contribution < -0.4 is 0 Å². The minimum Gasteiger partial charge on any atom is -0.226 e. The van der Waals surface area contributed by atoms with Crippen molar-refractivity contribution in [3.8, 4) is 11.4 Å². The molecule has 1 heterocycles. The highest BCUT2D eigenvalue weighted by Gasteiger charge is 2.13. The summed E-state index contributed by atoms with van der Waals surface area (Å²) in [5, 5.41) is 1.22. The molecule has 0 fully saturated rings. The van der Waals surface area contributed by atoms with Crippen LogP contribution in [0.3, 0.4) is 0 Å². The smallest absolute Gasteiger partial charge is 0.161 e. The Kier molecular flexibility index (Phi) is 3.51. The number of hydrogen-bond donors (Lipinski definition) is 0. The van der Waals surface area contributed by atoms with Crippen LogP contribution in [0, 0.1) is 18.6 Å². The Morgan fingerprint density at radius 3 is 2.29 bits per heavy atom. The van der Waals surface area contributed by atoms with Crippen molar-refractivity contribution in [1.82, 2.24) is 9.97 Å². The van der Waals surface area contributed by atoms with Crippen molar-refractivity contribution in [3.05, 3.63) is 57.7 Å². The molecule has 0 amide bonds. The third kappa shape index (κ3) is 2.57. The fourth-order valence-electron chi connectivity index (χ4n) is 2.13. The summed E-state index contributed by atoms with van der Waals surface area (Å²) in [6, 6.07) is 6.57. The molecular weight excluding hydrogens is 317 g/mol. The molecular formula is C15H8Cl2F2N2. The molecule has 0 saturated heterocycles. The molecule has 2 aromatic carbocycles. The van der Waals surface area contributed by atoms with Gasteiger partial charge in [0.25, 0.3) is 0 Å². The fraction of sp³-hybridized carbons (Fsp3) is 0.0667. The fourth-order valence-corrected chi connectivity index (χ4v) is 2.65. The Morgan fingerprint density at radius 2 is 1.62 bits per heavy atom. The maximum atomic E-state index is 13.3. The van der Waals surface area contributed by atoms with Crippen molar-refractivity contribution in [2.45, 2.75) is 6.92 Å². The molecule has 21 heavy (non-hydrogen) atoms. The first-order chi connectivity index (χ1) is 9.95. The predicted octanol–water partition coefficient (Wildman–Crippen LogP) is 5.19. The average molecular weight is 325 g/mol. The van der Waals surface area contributed by atoms with E-state index in [1.165, 1.54) is 0 Å². The van der Waals surface area contributed by atoms with Crippen LogP contribution in [0.5, 0.6) is 0 Å². The average Bonchev–Trinajstić information content (AvgIpc) is 2.41. The lowest BCUT2D eigenvalue weighted by Gasteiger charge is -2.08. The van der Waals surface area contributed by atoms with Crippen molar-refractivity contribution in [1.29, 1.82) is 0 Å². The second-order valence-electron chi connectivity index (χ2n) is 4.58. The molecule has 106 valence electrons. The monoisotopic (exact) mass is 324 g/mol. The first-order valence-corrected chi connectivity index (χ1v) is 6.80. The molecule has 0 N–H and O–H groups in total. The summed E-state index contributed by atoms with van der Waals surface area (Å²) in [6.45, 7) is 1.86. The number of aromatic nitrogens is 2. The van der Waals surface area contributed by atoms with E-state index < -0.39 is 11.6 Å². The molecule has 0 bridgehead atoms. The van der Waals surface area contributed by atoms with Gasteiger partial charge in [0.05, 0.1) is 10.5 Å². The Bertz CT molecular complexity index is 846. The van der Waals surface area contributed by atoms with Crippen LogP contribution in [0.2, 0.25) is 10.2 Å². The van der Waals surface area contributed by atoms with E-state index in [1.54, 1.807) is 12.1 Å². The van der Waals surface area contributed by atoms with Gasteiger partial charge in [-0.1, -0.05) is 29.3 Å². The van der Waals surface area contributed by atoms with E-state index in [1.807, 2.05) is 6.92 Å². The van der Waals surface area contributed by atoms with Crippen LogP contribution in [0.1, 0.15) is 5.56 Å². The number of halogens is 4. The molecule has 0 aliphatic rings. The van der Waals surface area contributed by atoms with E-state index >= 15 is 0 Å². The molecule has 0 aliphatic carbocycles. The van der Waals surface area contributed by atoms with Gasteiger partial charge in [0, 0.05) is 17.0 Å². The number of nitrogens with zero attached hydrogens (tertiary/aromatic N) is 2. The Balaban J connectivity index is 2.32. The minimum atomic E-state index is -0.708. The number of aryl methyl sites for hydroxylation is 1. The maximum Gasteiger partial charge on any atom is 0.161 e. The molecule has 6 heteroatoms. The molecule has 0 unspecified atom stereocenters. The molecule has 0 atom stereocenters. The van der Waals surface area contributed by atoms with Crippen molar-refractivity contribution >= 4 is 34.1 Å². The predicted molar refractivity (Wildman–Crippen MR) is 79.6 cm³/mol. The quantitative estimate of drug-likeness (QED) is 0.575. The first-order valence-electron chi connectivity index (χ1n) is 6.04. The molecule has 0 aliphatic heterocycles. The highest BCUT2D eigenvalue weighted by Crippen LogP contribution is 2.31. The maximum absolute atomic E-state index is 13.3. The lowest BCUT2D eigenvalue weighted by atomic mass is 10.1. The van der Waals surface area contributed by atoms with E-state index in [2.05, 4.69) is 9.97 Å². The van der Waals surface area contributed by atoms with Crippen LogP contribution in [-0.2, 0) is 0 Å². The Morgan fingerprint density at radius 1 is 0.952 bits per heavy atom. The molecule has 3 rings (SSSR count). The van der Waals surface area contributed by atoms with Crippen LogP contribution in [0.15, 0.2) is 30.3 Å². The topological polar surface area (TPSA) is 25.8 Å². The highest BCUT2D eigenvalue weighted by molar-refractivity contribution is 6.38. The SMILES string of the molecule is Cc1ccc(Cl)c2nc(-c3cc(F)cc(F)c3)nc(Cl)c12. The van der Waals surface area contributed by atoms with E-state index in [9.17, 15) is 8.78 Å². The number of benzene rings is 2. The highest BCUT2D eigenvalue weighted by atomic mass is 35.5. The summed E-state index contributed by atoms with van der Waals surface area (Å²) in [5.74, 6) is -1.29. The normalized spacial score (nSPS) is 11.1. The lowest BCUT2D eigenvalue weighted by molar-refractivity contribution is 0.584. The van der Waals surface area contributed by atoms with Crippen molar-refractivity contribution in [2.24, 2.45) is 0 Å². The van der Waals surface area contributed by atoms with Gasteiger partial charge in [0.15, 0.2) is 5.82 Å². The van der Waals surface area contributed by atoms with Crippen LogP contribution in [-0.4, -0.2) is 9.97 Å². The van der Waals surface area contributed by atoms with Crippen molar-refractivity contribution < 1.29 is 8.78 Å². The third-order valence-electron chi connectivity index (χ3n) is 3.09. The molecule has 0 saturated carbocycles. The van der Waals surface area contributed by atoms with Gasteiger partial charge in [0.1, 0.15) is 16.8 Å². The second kappa shape index (κ2) is 5.20. The Hall–Kier alpha value is -1.78. The summed E-state index contributed by atoms with van der Waals surface area (Å²) in [5.41, 5.74) is 1.53. The zero-order valence-electron chi connectivity index (χ0n) is 10.8. The van der Waals surface area contributed by atoms with Gasteiger partial charge in [-0.2, -0.15) is 0 Å². The molecule has 0 spiro atoms. The summed E-state index contributed by atoms with van der Waals surface area (Å²) >= 11 is 12.3. The molecule has 2 nitrogen and oxygen atoms in total. The van der Waals surface area contributed by atoms with Gasteiger partial charge >= 0.3 is 0 Å². The van der Waals surface area contributed by atoms with Gasteiger partial charge in [-0.25, -0.2) is 18.7 Å². The lowest BCUT2D eigenvalue weighted by Crippen LogP contribution is -1.95. The first kappa shape index (κ1) is 14.2. The molecule has 0 radical (unpaired) electrons. The molecule has 3 aromatic rings. The van der Waals surface area contributed by atoms with Gasteiger partial charge < -0.3 is 0 Å². The summed E-state index contributed by atoms with van der Waals surface area (Å²) in [4.78, 5) is 8.41. The van der Waals surface area contributed by atoms with Crippen molar-refractivity contribution in [3.63, 3.8) is 0 Å². The standard InChI is InChI=1S/C15H8Cl2F2N2/c1-7-2-3-11(16)13-12(7)14(17)21-15(20-13)8-4-9(18)6-10(19)5-8/h2-6H,1H3. The summed E-state index contributed by atoms with van der Waals surface area (Å²) < 4.78 is 26.6. The molecule has 1 aromatic heterocycles. The van der Waals surface area contributed by atoms with E-state index in [0.717, 1.165) is 23.8 Å². The zero-order chi connectivity index (χ0) is 15.1. The van der Waals surface area contributed by atoms with Crippen LogP contribution in [0.4, 0.5) is 8.78 Å².